The summed E-state index contributed by atoms with van der Waals surface area (Å²) in [5.41, 5.74) is 1.83. The van der Waals surface area contributed by atoms with E-state index in [2.05, 4.69) is 10.3 Å². The van der Waals surface area contributed by atoms with Crippen molar-refractivity contribution >= 4 is 39.5 Å². The molecule has 4 rings (SSSR count). The first-order valence-electron chi connectivity index (χ1n) is 9.19. The van der Waals surface area contributed by atoms with Crippen LogP contribution in [0.3, 0.4) is 0 Å². The maximum atomic E-state index is 13.5. The molecule has 0 saturated heterocycles. The molecule has 0 saturated carbocycles. The summed E-state index contributed by atoms with van der Waals surface area (Å²) in [4.78, 5) is 16.6. The van der Waals surface area contributed by atoms with Crippen LogP contribution in [-0.4, -0.2) is 21.2 Å². The number of fused-ring (bicyclic) bond motifs is 2. The van der Waals surface area contributed by atoms with Gasteiger partial charge in [-0.3, -0.25) is 9.36 Å². The predicted molar refractivity (Wildman–Crippen MR) is 112 cm³/mol. The third kappa shape index (κ3) is 4.10. The number of carbonyl (C=O) groups is 1. The van der Waals surface area contributed by atoms with Gasteiger partial charge in [-0.25, -0.2) is 4.98 Å². The molecule has 0 aliphatic heterocycles. The smallest absolute Gasteiger partial charge is 0.321 e. The number of hydrogen-bond donors (Lipinski definition) is 1. The van der Waals surface area contributed by atoms with Crippen LogP contribution in [0.15, 0.2) is 71.9 Å². The Morgan fingerprint density at radius 3 is 2.59 bits per heavy atom. The molecule has 0 aliphatic rings. The Labute approximate surface area is 170 Å². The molecule has 148 valence electrons. The van der Waals surface area contributed by atoms with Crippen molar-refractivity contribution in [2.24, 2.45) is 0 Å². The third-order valence-corrected chi connectivity index (χ3v) is 5.69. The number of rotatable bonds is 6. The molecule has 4 aromatic rings. The lowest BCUT2D eigenvalue weighted by Gasteiger charge is -2.15. The predicted octanol–water partition coefficient (Wildman–Crippen LogP) is 5.55. The number of para-hydroxylation sites is 2. The van der Waals surface area contributed by atoms with E-state index in [1.807, 2.05) is 49.4 Å². The number of nitrogens with zero attached hydrogens (tertiary/aromatic N) is 2. The van der Waals surface area contributed by atoms with E-state index in [-0.39, 0.29) is 22.9 Å². The number of amides is 1. The molecule has 4 nitrogen and oxygen atoms in total. The monoisotopic (exact) mass is 411 g/mol. The van der Waals surface area contributed by atoms with E-state index in [0.717, 1.165) is 32.7 Å². The summed E-state index contributed by atoms with van der Waals surface area (Å²) >= 11 is 1.01. The molecular formula is C22H19F2N3OS. The van der Waals surface area contributed by atoms with Gasteiger partial charge in [-0.1, -0.05) is 60.3 Å². The van der Waals surface area contributed by atoms with Gasteiger partial charge < -0.3 is 5.32 Å². The normalized spacial score (nSPS) is 12.6. The molecule has 0 spiro atoms. The highest BCUT2D eigenvalue weighted by Gasteiger charge is 2.19. The fourth-order valence-electron chi connectivity index (χ4n) is 3.29. The highest BCUT2D eigenvalue weighted by molar-refractivity contribution is 7.99. The lowest BCUT2D eigenvalue weighted by atomic mass is 10.0. The summed E-state index contributed by atoms with van der Waals surface area (Å²) in [6.45, 7) is -0.814. The highest BCUT2D eigenvalue weighted by atomic mass is 32.2. The van der Waals surface area contributed by atoms with Crippen molar-refractivity contribution in [2.45, 2.75) is 24.7 Å². The molecule has 0 aliphatic carbocycles. The van der Waals surface area contributed by atoms with Crippen molar-refractivity contribution in [1.29, 1.82) is 0 Å². The average molecular weight is 411 g/mol. The third-order valence-electron chi connectivity index (χ3n) is 4.74. The maximum Gasteiger partial charge on any atom is 0.321 e. The first-order chi connectivity index (χ1) is 14.0. The Kier molecular flexibility index (Phi) is 5.49. The Morgan fingerprint density at radius 1 is 1.07 bits per heavy atom. The molecule has 1 heterocycles. The summed E-state index contributed by atoms with van der Waals surface area (Å²) in [5, 5.41) is 5.30. The number of hydrogen-bond acceptors (Lipinski definition) is 3. The van der Waals surface area contributed by atoms with E-state index in [1.54, 1.807) is 24.3 Å². The van der Waals surface area contributed by atoms with Crippen LogP contribution in [0.5, 0.6) is 0 Å². The second-order valence-electron chi connectivity index (χ2n) is 6.72. The molecule has 0 fully saturated rings. The SMILES string of the molecule is CC(NC(=O)CSc1nc2ccccc2n1C(F)F)c1ccc2ccccc2c1. The molecule has 0 bridgehead atoms. The van der Waals surface area contributed by atoms with E-state index in [4.69, 9.17) is 0 Å². The zero-order valence-corrected chi connectivity index (χ0v) is 16.5. The van der Waals surface area contributed by atoms with Crippen LogP contribution in [0.1, 0.15) is 25.1 Å². The van der Waals surface area contributed by atoms with Gasteiger partial charge in [0.1, 0.15) is 0 Å². The van der Waals surface area contributed by atoms with Gasteiger partial charge in [0.25, 0.3) is 0 Å². The van der Waals surface area contributed by atoms with Crippen molar-refractivity contribution in [3.05, 3.63) is 72.3 Å². The number of imidazole rings is 1. The zero-order chi connectivity index (χ0) is 20.4. The fraction of sp³-hybridized carbons (Fsp3) is 0.182. The molecular weight excluding hydrogens is 392 g/mol. The molecule has 1 unspecified atom stereocenters. The molecule has 1 amide bonds. The quantitative estimate of drug-likeness (QED) is 0.423. The molecule has 3 aromatic carbocycles. The van der Waals surface area contributed by atoms with Gasteiger partial charge >= 0.3 is 6.55 Å². The van der Waals surface area contributed by atoms with Gasteiger partial charge in [0, 0.05) is 0 Å². The van der Waals surface area contributed by atoms with E-state index in [1.165, 1.54) is 0 Å². The van der Waals surface area contributed by atoms with Gasteiger partial charge in [0.15, 0.2) is 5.16 Å². The Hall–Kier alpha value is -2.93. The minimum absolute atomic E-state index is 0.00790. The Balaban J connectivity index is 1.44. The van der Waals surface area contributed by atoms with E-state index in [0.29, 0.717) is 11.0 Å². The van der Waals surface area contributed by atoms with Gasteiger partial charge in [-0.05, 0) is 41.5 Å². The first-order valence-corrected chi connectivity index (χ1v) is 10.2. The van der Waals surface area contributed by atoms with Crippen LogP contribution in [0, 0.1) is 0 Å². The second kappa shape index (κ2) is 8.21. The maximum absolute atomic E-state index is 13.5. The van der Waals surface area contributed by atoms with Crippen molar-refractivity contribution in [2.75, 3.05) is 5.75 Å². The van der Waals surface area contributed by atoms with Gasteiger partial charge in [0.2, 0.25) is 5.91 Å². The number of thioether (sulfide) groups is 1. The van der Waals surface area contributed by atoms with Crippen molar-refractivity contribution < 1.29 is 13.6 Å². The van der Waals surface area contributed by atoms with Gasteiger partial charge in [0.05, 0.1) is 22.8 Å². The molecule has 1 atom stereocenters. The van der Waals surface area contributed by atoms with Crippen molar-refractivity contribution in [3.63, 3.8) is 0 Å². The molecule has 7 heteroatoms. The standard InChI is InChI=1S/C22H19F2N3OS/c1-14(16-11-10-15-6-2-3-7-17(15)12-16)25-20(28)13-29-22-26-18-8-4-5-9-19(18)27(22)21(23)24/h2-12,14,21H,13H2,1H3,(H,25,28). The van der Waals surface area contributed by atoms with Crippen LogP contribution in [-0.2, 0) is 4.79 Å². The highest BCUT2D eigenvalue weighted by Crippen LogP contribution is 2.29. The van der Waals surface area contributed by atoms with E-state index >= 15 is 0 Å². The number of nitrogens with one attached hydrogen (secondary N) is 1. The minimum atomic E-state index is -2.72. The number of carbonyl (C=O) groups excluding carboxylic acids is 1. The van der Waals surface area contributed by atoms with E-state index in [9.17, 15) is 13.6 Å². The first kappa shape index (κ1) is 19.4. The lowest BCUT2D eigenvalue weighted by molar-refractivity contribution is -0.119. The van der Waals surface area contributed by atoms with E-state index < -0.39 is 6.55 Å². The summed E-state index contributed by atoms with van der Waals surface area (Å²) in [6, 6.07) is 20.6. The van der Waals surface area contributed by atoms with Gasteiger partial charge in [-0.15, -0.1) is 0 Å². The molecule has 1 N–H and O–H groups in total. The zero-order valence-electron chi connectivity index (χ0n) is 15.7. The lowest BCUT2D eigenvalue weighted by Crippen LogP contribution is -2.28. The van der Waals surface area contributed by atoms with Gasteiger partial charge in [-0.2, -0.15) is 8.78 Å². The number of halogens is 2. The minimum Gasteiger partial charge on any atom is -0.349 e. The molecule has 29 heavy (non-hydrogen) atoms. The Bertz CT molecular complexity index is 1180. The second-order valence-corrected chi connectivity index (χ2v) is 7.66. The summed E-state index contributed by atoms with van der Waals surface area (Å²) in [6.07, 6.45) is 0. The van der Waals surface area contributed by atoms with Crippen LogP contribution >= 0.6 is 11.8 Å². The van der Waals surface area contributed by atoms with Crippen LogP contribution < -0.4 is 5.32 Å². The average Bonchev–Trinajstić information content (AvgIpc) is 3.10. The van der Waals surface area contributed by atoms with Crippen LogP contribution in [0.2, 0.25) is 0 Å². The van der Waals surface area contributed by atoms with Crippen molar-refractivity contribution in [3.8, 4) is 0 Å². The fourth-order valence-corrected chi connectivity index (χ4v) is 4.11. The van der Waals surface area contributed by atoms with Crippen LogP contribution in [0.4, 0.5) is 8.78 Å². The summed E-state index contributed by atoms with van der Waals surface area (Å²) in [5.74, 6) is -0.225. The number of aromatic nitrogens is 2. The molecule has 0 radical (unpaired) electrons. The topological polar surface area (TPSA) is 46.9 Å². The van der Waals surface area contributed by atoms with Crippen molar-refractivity contribution in [1.82, 2.24) is 14.9 Å². The Morgan fingerprint density at radius 2 is 1.79 bits per heavy atom. The van der Waals surface area contributed by atoms with Crippen LogP contribution in [0.25, 0.3) is 21.8 Å². The molecule has 1 aromatic heterocycles. The largest absolute Gasteiger partial charge is 0.349 e. The summed E-state index contributed by atoms with van der Waals surface area (Å²) < 4.78 is 27.8. The number of benzene rings is 3. The summed E-state index contributed by atoms with van der Waals surface area (Å²) in [7, 11) is 0. The number of alkyl halides is 2.